The zero-order valence-electron chi connectivity index (χ0n) is 23.2. The van der Waals surface area contributed by atoms with Crippen molar-refractivity contribution in [3.8, 4) is 0 Å². The Morgan fingerprint density at radius 2 is 1.32 bits per heavy atom. The fourth-order valence-corrected chi connectivity index (χ4v) is 14.0. The van der Waals surface area contributed by atoms with Gasteiger partial charge in [0.25, 0.3) is 0 Å². The number of ether oxygens (including phenoxy) is 4. The van der Waals surface area contributed by atoms with Crippen LogP contribution < -0.4 is 0 Å². The Bertz CT molecular complexity index is 795. The predicted molar refractivity (Wildman–Crippen MR) is 158 cm³/mol. The van der Waals surface area contributed by atoms with Gasteiger partial charge in [0.15, 0.2) is 19.9 Å². The van der Waals surface area contributed by atoms with Crippen LogP contribution in [-0.4, -0.2) is 104 Å². The molecule has 5 aliphatic rings. The second kappa shape index (κ2) is 12.9. The number of Topliss-reactive ketones (excluding diaryl/α,β-unsaturated/α-hetero) is 1. The monoisotopic (exact) mass is 606 g/mol. The summed E-state index contributed by atoms with van der Waals surface area (Å²) in [4.78, 5) is 14.4. The van der Waals surface area contributed by atoms with Crippen LogP contribution in [0.1, 0.15) is 33.6 Å². The molecular weight excluding hydrogens is 561 g/mol. The highest BCUT2D eigenvalue weighted by atomic mass is 32.2. The summed E-state index contributed by atoms with van der Waals surface area (Å²) in [6.45, 7) is 9.05. The maximum atomic E-state index is 14.4. The molecule has 0 amide bonds. The first kappa shape index (κ1) is 30.2. The first-order chi connectivity index (χ1) is 18.4. The molecule has 0 aromatic heterocycles. The number of hydrogen-bond donors (Lipinski definition) is 1. The molecule has 11 heteroatoms. The molecular formula is C27H46O7S3Si. The maximum absolute atomic E-state index is 14.4. The largest absolute Gasteiger partial charge is 0.413 e. The molecule has 0 saturated carbocycles. The van der Waals surface area contributed by atoms with Crippen molar-refractivity contribution in [1.82, 2.24) is 0 Å². The minimum atomic E-state index is -2.04. The molecule has 5 fully saturated rings. The molecule has 2 spiro atoms. The lowest BCUT2D eigenvalue weighted by molar-refractivity contribution is -0.220. The van der Waals surface area contributed by atoms with Crippen LogP contribution >= 0.6 is 35.3 Å². The van der Waals surface area contributed by atoms with E-state index in [2.05, 4.69) is 20.8 Å². The molecule has 6 atom stereocenters. The average molecular weight is 607 g/mol. The molecule has 0 aromatic rings. The van der Waals surface area contributed by atoms with Crippen molar-refractivity contribution in [2.75, 3.05) is 60.9 Å². The minimum absolute atomic E-state index is 0.00351. The Morgan fingerprint density at radius 1 is 0.816 bits per heavy atom. The van der Waals surface area contributed by atoms with Crippen molar-refractivity contribution in [3.63, 3.8) is 0 Å². The normalized spacial score (nSPS) is 35.1. The Kier molecular flexibility index (Phi) is 10.3. The summed E-state index contributed by atoms with van der Waals surface area (Å²) in [5.74, 6) is 2.76. The van der Waals surface area contributed by atoms with E-state index in [1.165, 1.54) is 0 Å². The fourth-order valence-electron chi connectivity index (χ4n) is 7.13. The van der Waals surface area contributed by atoms with Crippen LogP contribution in [0.3, 0.4) is 0 Å². The third-order valence-corrected chi connectivity index (χ3v) is 17.7. The lowest BCUT2D eigenvalue weighted by atomic mass is 9.76. The van der Waals surface area contributed by atoms with Crippen molar-refractivity contribution >= 4 is 49.4 Å². The molecule has 38 heavy (non-hydrogen) atoms. The molecule has 5 aliphatic heterocycles. The van der Waals surface area contributed by atoms with E-state index in [4.69, 9.17) is 23.4 Å². The van der Waals surface area contributed by atoms with Gasteiger partial charge >= 0.3 is 0 Å². The van der Waals surface area contributed by atoms with Gasteiger partial charge in [0.05, 0.1) is 50.5 Å². The topological polar surface area (TPSA) is 83.5 Å². The van der Waals surface area contributed by atoms with E-state index in [0.29, 0.717) is 32.2 Å². The van der Waals surface area contributed by atoms with E-state index in [1.807, 2.05) is 23.5 Å². The Morgan fingerprint density at radius 3 is 1.87 bits per heavy atom. The smallest absolute Gasteiger partial charge is 0.192 e. The molecule has 0 radical (unpaired) electrons. The quantitative estimate of drug-likeness (QED) is 0.384. The number of rotatable bonds is 9. The second-order valence-corrected chi connectivity index (χ2v) is 19.4. The van der Waals surface area contributed by atoms with Crippen molar-refractivity contribution in [2.45, 2.75) is 75.5 Å². The lowest BCUT2D eigenvalue weighted by Gasteiger charge is -2.49. The van der Waals surface area contributed by atoms with Gasteiger partial charge in [-0.05, 0) is 29.6 Å². The third-order valence-electron chi connectivity index (χ3n) is 9.73. The van der Waals surface area contributed by atoms with E-state index >= 15 is 0 Å². The van der Waals surface area contributed by atoms with Crippen LogP contribution in [0, 0.1) is 23.7 Å². The highest BCUT2D eigenvalue weighted by Crippen LogP contribution is 2.48. The number of hydrogen-bond acceptors (Lipinski definition) is 10. The number of carbonyl (C=O) groups excluding carboxylic acids is 1. The fraction of sp³-hybridized carbons (Fsp3) is 0.963. The van der Waals surface area contributed by atoms with Crippen LogP contribution in [0.4, 0.5) is 0 Å². The summed E-state index contributed by atoms with van der Waals surface area (Å²) in [5, 5.41) is 11.8. The van der Waals surface area contributed by atoms with Crippen LogP contribution in [0.15, 0.2) is 0 Å². The molecule has 5 saturated heterocycles. The summed E-state index contributed by atoms with van der Waals surface area (Å²) in [5.41, 5.74) is 0. The predicted octanol–water partition coefficient (Wildman–Crippen LogP) is 4.28. The van der Waals surface area contributed by atoms with Crippen molar-refractivity contribution in [1.29, 1.82) is 0 Å². The van der Waals surface area contributed by atoms with E-state index in [9.17, 15) is 9.90 Å². The van der Waals surface area contributed by atoms with E-state index < -0.39 is 31.9 Å². The van der Waals surface area contributed by atoms with Gasteiger partial charge in [0.1, 0.15) is 5.78 Å². The highest BCUT2D eigenvalue weighted by Gasteiger charge is 2.57. The Labute approximate surface area is 242 Å². The molecule has 0 aliphatic carbocycles. The van der Waals surface area contributed by atoms with Crippen molar-refractivity contribution in [2.24, 2.45) is 23.7 Å². The third kappa shape index (κ3) is 5.68. The van der Waals surface area contributed by atoms with Gasteiger partial charge in [-0.15, -0.1) is 0 Å². The molecule has 7 nitrogen and oxygen atoms in total. The number of aliphatic hydroxyl groups excluding tert-OH is 1. The van der Waals surface area contributed by atoms with E-state index in [-0.39, 0.29) is 29.6 Å². The zero-order chi connectivity index (χ0) is 26.8. The van der Waals surface area contributed by atoms with Crippen LogP contribution in [-0.2, 0) is 28.2 Å². The van der Waals surface area contributed by atoms with Gasteiger partial charge in [-0.1, -0.05) is 20.8 Å². The zero-order valence-corrected chi connectivity index (χ0v) is 26.6. The number of carbonyl (C=O) groups is 1. The maximum Gasteiger partial charge on any atom is 0.192 e. The minimum Gasteiger partial charge on any atom is -0.413 e. The van der Waals surface area contributed by atoms with Crippen molar-refractivity contribution < 1.29 is 33.3 Å². The average Bonchev–Trinajstić information content (AvgIpc) is 3.61. The number of ketones is 1. The molecule has 0 unspecified atom stereocenters. The number of thioether (sulfide) groups is 3. The molecule has 218 valence electrons. The highest BCUT2D eigenvalue weighted by molar-refractivity contribution is 7.99. The molecule has 5 heterocycles. The Balaban J connectivity index is 1.44. The van der Waals surface area contributed by atoms with Gasteiger partial charge in [0, 0.05) is 47.7 Å². The Hall–Kier alpha value is 0.697. The summed E-state index contributed by atoms with van der Waals surface area (Å²) in [7, 11) is -2.04. The first-order valence-corrected chi connectivity index (χ1v) is 20.6. The van der Waals surface area contributed by atoms with Crippen LogP contribution in [0.2, 0.25) is 18.1 Å². The lowest BCUT2D eigenvalue weighted by Crippen LogP contribution is -2.60. The van der Waals surface area contributed by atoms with Gasteiger partial charge in [-0.2, -0.15) is 35.3 Å². The molecule has 0 aromatic carbocycles. The van der Waals surface area contributed by atoms with Crippen LogP contribution in [0.5, 0.6) is 0 Å². The summed E-state index contributed by atoms with van der Waals surface area (Å²) >= 11 is 5.53. The van der Waals surface area contributed by atoms with E-state index in [0.717, 1.165) is 59.7 Å². The molecule has 5 rings (SSSR count). The first-order valence-electron chi connectivity index (χ1n) is 14.6. The summed E-state index contributed by atoms with van der Waals surface area (Å²) < 4.78 is 32.2. The van der Waals surface area contributed by atoms with Gasteiger partial charge in [-0.25, -0.2) is 0 Å². The molecule has 1 N–H and O–H groups in total. The molecule has 0 bridgehead atoms. The summed E-state index contributed by atoms with van der Waals surface area (Å²) in [6, 6.07) is 3.09. The van der Waals surface area contributed by atoms with Crippen LogP contribution in [0.25, 0.3) is 0 Å². The number of aliphatic hydroxyl groups is 1. The SMILES string of the molecule is CC[Si](CC)(CC)O[C@H]([C@@H]1CSC[C@@H]([C@@H](O)[C@@H]2CSCCC23OCCO3)C1=O)[C@H]1CSCCC12OCCO2. The van der Waals surface area contributed by atoms with Crippen molar-refractivity contribution in [3.05, 3.63) is 0 Å². The van der Waals surface area contributed by atoms with Gasteiger partial charge in [-0.3, -0.25) is 4.79 Å². The van der Waals surface area contributed by atoms with Gasteiger partial charge in [0.2, 0.25) is 0 Å². The second-order valence-electron chi connectivity index (χ2n) is 11.3. The van der Waals surface area contributed by atoms with Gasteiger partial charge < -0.3 is 28.5 Å². The standard InChI is InChI=1S/C27H46O7S3Si/c1-4-38(5-2,6-3)34-25(22-18-36-14-8-27(22)32-11-12-33-27)20-16-37-15-19(23(20)28)24(29)21-17-35-13-7-26(21)30-9-10-31-26/h19-22,24-25,29H,4-18H2,1-3H3/t19-,20-,21+,22-,24-,25-/m1/s1. The summed E-state index contributed by atoms with van der Waals surface area (Å²) in [6.07, 6.45) is 0.550. The van der Waals surface area contributed by atoms with E-state index in [1.54, 1.807) is 11.8 Å².